The summed E-state index contributed by atoms with van der Waals surface area (Å²) in [5, 5.41) is 18.1. The third kappa shape index (κ3) is 2.31. The molecule has 6 nitrogen and oxygen atoms in total. The lowest BCUT2D eigenvalue weighted by Gasteiger charge is -2.37. The topological polar surface area (TPSA) is 90.6 Å². The molecule has 6 heteroatoms. The quantitative estimate of drug-likeness (QED) is 0.843. The normalized spacial score (nSPS) is 20.3. The fraction of sp³-hybridized carbons (Fsp3) is 0.400. The van der Waals surface area contributed by atoms with E-state index in [1.807, 2.05) is 6.07 Å². The highest BCUT2D eigenvalue weighted by molar-refractivity contribution is 5.66. The van der Waals surface area contributed by atoms with E-state index in [0.29, 0.717) is 37.2 Å². The number of nitrogens with zero attached hydrogens (tertiary/aromatic N) is 2. The van der Waals surface area contributed by atoms with Gasteiger partial charge in [-0.05, 0) is 30.0 Å². The van der Waals surface area contributed by atoms with E-state index in [0.717, 1.165) is 17.4 Å². The van der Waals surface area contributed by atoms with Gasteiger partial charge in [0.25, 0.3) is 0 Å². The summed E-state index contributed by atoms with van der Waals surface area (Å²) in [4.78, 5) is 22.9. The number of hydrogen-bond donors (Lipinski definition) is 1. The summed E-state index contributed by atoms with van der Waals surface area (Å²) in [6.45, 7) is 0.627. The summed E-state index contributed by atoms with van der Waals surface area (Å²) in [5.41, 5.74) is 2.39. The van der Waals surface area contributed by atoms with Gasteiger partial charge in [0.15, 0.2) is 0 Å². The standard InChI is InChI=1S/C15H14N2O4/c16-5-13-12-4-9(8-18)3-10(12)1-2-14(13)21-11-6-17(7-11)15(19)20/h1-2,8-9,11H,3-4,6-7H2,(H,19,20). The first-order valence-electron chi connectivity index (χ1n) is 6.77. The molecule has 1 aliphatic carbocycles. The number of fused-ring (bicyclic) bond motifs is 1. The summed E-state index contributed by atoms with van der Waals surface area (Å²) in [6.07, 6.45) is 1.00. The molecule has 1 unspecified atom stereocenters. The van der Waals surface area contributed by atoms with E-state index in [9.17, 15) is 14.9 Å². The predicted molar refractivity (Wildman–Crippen MR) is 72.1 cm³/mol. The van der Waals surface area contributed by atoms with Crippen molar-refractivity contribution in [2.45, 2.75) is 18.9 Å². The summed E-state index contributed by atoms with van der Waals surface area (Å²) >= 11 is 0. The second-order valence-corrected chi connectivity index (χ2v) is 5.42. The lowest BCUT2D eigenvalue weighted by atomic mass is 10.0. The van der Waals surface area contributed by atoms with Gasteiger partial charge in [-0.15, -0.1) is 0 Å². The van der Waals surface area contributed by atoms with Crippen LogP contribution in [0.25, 0.3) is 0 Å². The van der Waals surface area contributed by atoms with Crippen LogP contribution in [0, 0.1) is 17.2 Å². The van der Waals surface area contributed by atoms with E-state index < -0.39 is 6.09 Å². The summed E-state index contributed by atoms with van der Waals surface area (Å²) in [5.74, 6) is 0.423. The summed E-state index contributed by atoms with van der Waals surface area (Å²) < 4.78 is 5.73. The smallest absolute Gasteiger partial charge is 0.407 e. The number of aldehydes is 1. The van der Waals surface area contributed by atoms with Crippen molar-refractivity contribution < 1.29 is 19.4 Å². The predicted octanol–water partition coefficient (Wildman–Crippen LogP) is 1.21. The Kier molecular flexibility index (Phi) is 3.26. The molecule has 108 valence electrons. The minimum Gasteiger partial charge on any atom is -0.485 e. The zero-order valence-electron chi connectivity index (χ0n) is 11.3. The minimum atomic E-state index is -0.960. The van der Waals surface area contributed by atoms with Crippen molar-refractivity contribution in [2.75, 3.05) is 13.1 Å². The number of carboxylic acid groups (broad SMARTS) is 1. The van der Waals surface area contributed by atoms with E-state index in [4.69, 9.17) is 9.84 Å². The number of carbonyl (C=O) groups excluding carboxylic acids is 1. The molecule has 0 aromatic heterocycles. The Morgan fingerprint density at radius 1 is 1.43 bits per heavy atom. The van der Waals surface area contributed by atoms with Crippen molar-refractivity contribution in [3.63, 3.8) is 0 Å². The molecule has 1 saturated heterocycles. The third-order valence-electron chi connectivity index (χ3n) is 4.04. The summed E-state index contributed by atoms with van der Waals surface area (Å²) in [7, 11) is 0. The maximum Gasteiger partial charge on any atom is 0.407 e. The molecule has 0 bridgehead atoms. The van der Waals surface area contributed by atoms with Crippen LogP contribution in [-0.2, 0) is 17.6 Å². The van der Waals surface area contributed by atoms with Crippen LogP contribution in [-0.4, -0.2) is 41.6 Å². The Labute approximate surface area is 121 Å². The zero-order chi connectivity index (χ0) is 15.0. The summed E-state index contributed by atoms with van der Waals surface area (Å²) in [6, 6.07) is 5.79. The van der Waals surface area contributed by atoms with Crippen molar-refractivity contribution in [1.29, 1.82) is 5.26 Å². The zero-order valence-corrected chi connectivity index (χ0v) is 11.3. The van der Waals surface area contributed by atoms with Crippen LogP contribution in [0.3, 0.4) is 0 Å². The lowest BCUT2D eigenvalue weighted by Crippen LogP contribution is -2.55. The van der Waals surface area contributed by atoms with Crippen molar-refractivity contribution in [3.8, 4) is 11.8 Å². The van der Waals surface area contributed by atoms with Crippen LogP contribution in [0.5, 0.6) is 5.75 Å². The minimum absolute atomic E-state index is 0.0615. The molecular weight excluding hydrogens is 272 g/mol. The highest BCUT2D eigenvalue weighted by Gasteiger charge is 2.33. The van der Waals surface area contributed by atoms with Crippen LogP contribution in [0.1, 0.15) is 16.7 Å². The molecule has 2 aliphatic rings. The number of likely N-dealkylation sites (tertiary alicyclic amines) is 1. The molecule has 21 heavy (non-hydrogen) atoms. The monoisotopic (exact) mass is 286 g/mol. The van der Waals surface area contributed by atoms with Crippen LogP contribution >= 0.6 is 0 Å². The van der Waals surface area contributed by atoms with E-state index >= 15 is 0 Å². The molecule has 0 radical (unpaired) electrons. The maximum absolute atomic E-state index is 10.9. The number of benzene rings is 1. The molecule has 1 aliphatic heterocycles. The average Bonchev–Trinajstić information content (AvgIpc) is 2.84. The molecule has 3 rings (SSSR count). The second kappa shape index (κ2) is 5.09. The first-order chi connectivity index (χ1) is 10.1. The number of nitriles is 1. The number of amides is 1. The van der Waals surface area contributed by atoms with Gasteiger partial charge in [-0.2, -0.15) is 5.26 Å². The molecule has 0 saturated carbocycles. The van der Waals surface area contributed by atoms with Gasteiger partial charge in [-0.1, -0.05) is 6.07 Å². The lowest BCUT2D eigenvalue weighted by molar-refractivity contribution is -0.110. The Morgan fingerprint density at radius 3 is 2.81 bits per heavy atom. The number of ether oxygens (including phenoxy) is 1. The van der Waals surface area contributed by atoms with Crippen LogP contribution in [0.4, 0.5) is 4.79 Å². The molecule has 1 N–H and O–H groups in total. The fourth-order valence-electron chi connectivity index (χ4n) is 2.88. The van der Waals surface area contributed by atoms with Crippen molar-refractivity contribution >= 4 is 12.4 Å². The molecule has 1 atom stereocenters. The number of carbonyl (C=O) groups is 2. The van der Waals surface area contributed by atoms with Crippen molar-refractivity contribution in [1.82, 2.24) is 4.90 Å². The highest BCUT2D eigenvalue weighted by Crippen LogP contribution is 2.34. The average molecular weight is 286 g/mol. The maximum atomic E-state index is 10.9. The molecule has 1 heterocycles. The van der Waals surface area contributed by atoms with Gasteiger partial charge >= 0.3 is 6.09 Å². The Balaban J connectivity index is 1.78. The third-order valence-corrected chi connectivity index (χ3v) is 4.04. The van der Waals surface area contributed by atoms with E-state index in [1.54, 1.807) is 6.07 Å². The van der Waals surface area contributed by atoms with Gasteiger partial charge in [0.1, 0.15) is 24.2 Å². The van der Waals surface area contributed by atoms with E-state index in [1.165, 1.54) is 4.90 Å². The molecule has 1 amide bonds. The van der Waals surface area contributed by atoms with E-state index in [-0.39, 0.29) is 12.0 Å². The number of rotatable bonds is 3. The highest BCUT2D eigenvalue weighted by atomic mass is 16.5. The Hall–Kier alpha value is -2.55. The van der Waals surface area contributed by atoms with Crippen LogP contribution in [0.2, 0.25) is 0 Å². The Bertz CT molecular complexity index is 644. The van der Waals surface area contributed by atoms with Gasteiger partial charge in [0.2, 0.25) is 0 Å². The molecule has 1 aromatic rings. The molecule has 1 fully saturated rings. The first kappa shape index (κ1) is 13.4. The van der Waals surface area contributed by atoms with Crippen molar-refractivity contribution in [3.05, 3.63) is 28.8 Å². The SMILES string of the molecule is N#Cc1c(OC2CN(C(=O)O)C2)ccc2c1CC(C=O)C2. The first-order valence-corrected chi connectivity index (χ1v) is 6.77. The second-order valence-electron chi connectivity index (χ2n) is 5.42. The van der Waals surface area contributed by atoms with E-state index in [2.05, 4.69) is 6.07 Å². The van der Waals surface area contributed by atoms with Crippen LogP contribution in [0.15, 0.2) is 12.1 Å². The van der Waals surface area contributed by atoms with Crippen LogP contribution < -0.4 is 4.74 Å². The molecule has 1 aromatic carbocycles. The van der Waals surface area contributed by atoms with Gasteiger partial charge in [0.05, 0.1) is 18.7 Å². The van der Waals surface area contributed by atoms with Gasteiger partial charge in [-0.3, -0.25) is 0 Å². The molecule has 0 spiro atoms. The van der Waals surface area contributed by atoms with Gasteiger partial charge in [-0.25, -0.2) is 4.79 Å². The molecular formula is C15H14N2O4. The largest absolute Gasteiger partial charge is 0.485 e. The Morgan fingerprint density at radius 2 is 2.19 bits per heavy atom. The fourth-order valence-corrected chi connectivity index (χ4v) is 2.88. The van der Waals surface area contributed by atoms with Crippen molar-refractivity contribution in [2.24, 2.45) is 5.92 Å². The van der Waals surface area contributed by atoms with Gasteiger partial charge < -0.3 is 19.5 Å². The number of hydrogen-bond acceptors (Lipinski definition) is 4. The van der Waals surface area contributed by atoms with Gasteiger partial charge in [0, 0.05) is 5.92 Å².